The summed E-state index contributed by atoms with van der Waals surface area (Å²) < 4.78 is 0. The number of rotatable bonds is 12. The molecule has 0 atom stereocenters. The van der Waals surface area contributed by atoms with Crippen LogP contribution in [0.4, 0.5) is 0 Å². The molecule has 0 amide bonds. The van der Waals surface area contributed by atoms with E-state index in [9.17, 15) is 0 Å². The summed E-state index contributed by atoms with van der Waals surface area (Å²) in [5.41, 5.74) is 0. The molecule has 60 heavy (non-hydrogen) atoms. The second-order valence-corrected chi connectivity index (χ2v) is 176. The molecule has 0 aliphatic rings. The number of hydrogen-bond donors (Lipinski definition) is 0. The predicted octanol–water partition coefficient (Wildman–Crippen LogP) is 16.2. The second kappa shape index (κ2) is 34.3. The standard InChI is InChI=1S/4C9H27Si4.4ClH.4Sn/c4*1-11(2,3)10(12(4,5)6)13(7,8)9;;;;;;;;/h4*1-9H3;4*1H;;;;/q;;;;;;;;4*+1/p-4. The molecule has 0 aromatic rings. The number of halogens is 4. The van der Waals surface area contributed by atoms with E-state index < -0.39 is 91.1 Å². The van der Waals surface area contributed by atoms with Crippen molar-refractivity contribution in [3.63, 3.8) is 0 Å². The van der Waals surface area contributed by atoms with Crippen molar-refractivity contribution in [1.82, 2.24) is 0 Å². The summed E-state index contributed by atoms with van der Waals surface area (Å²) in [7, 11) is 9.03. The van der Waals surface area contributed by atoms with Gasteiger partial charge in [-0.2, -0.15) is 0 Å². The van der Waals surface area contributed by atoms with E-state index >= 15 is 0 Å². The first-order valence-corrected chi connectivity index (χ1v) is 96.2. The first-order chi connectivity index (χ1) is 25.5. The zero-order valence-corrected chi connectivity index (χ0v) is 78.0. The monoisotopic (exact) mass is 1610 g/mol. The molecular formula is C36H108Cl4Si16Sn4. The van der Waals surface area contributed by atoms with Gasteiger partial charge in [0.2, 0.25) is 0 Å². The molecule has 0 aromatic heterocycles. The molecular weight excluding hydrogens is 1500 g/mol. The minimum absolute atomic E-state index is 0.0255. The molecule has 24 heteroatoms. The van der Waals surface area contributed by atoms with Gasteiger partial charge in [0, 0.05) is 120 Å². The molecule has 0 spiro atoms. The van der Waals surface area contributed by atoms with Gasteiger partial charge in [-0.05, 0) is 0 Å². The van der Waals surface area contributed by atoms with Gasteiger partial charge in [0.1, 0.15) is 0 Å². The van der Waals surface area contributed by atoms with E-state index in [2.05, 4.69) is 236 Å². The SMILES string of the molecule is C[Si](C)(C)[Si]([Si](C)(C)C)[Si](C)(C)C.C[Si](C)(C)[Si]([Si](C)(C)C)[Si](C)(C)C.C[Si](C)(C)[Si]([Si](C)(C)C)[Si](C)(C)C.C[Si](C)(C)[Si]([Si](C)(C)C)[Si](C)(C)C.[Cl][Sn].[Cl][Sn].[Cl][Sn].[Cl][Sn]. The van der Waals surface area contributed by atoms with Gasteiger partial charge in [0.25, 0.3) is 0 Å². The molecule has 0 rings (SSSR count). The van der Waals surface area contributed by atoms with Gasteiger partial charge in [-0.1, -0.05) is 236 Å². The summed E-state index contributed by atoms with van der Waals surface area (Å²) in [6, 6.07) is 0. The quantitative estimate of drug-likeness (QED) is 0.171. The van der Waals surface area contributed by atoms with Gasteiger partial charge in [-0.25, -0.2) is 0 Å². The third-order valence-corrected chi connectivity index (χ3v) is 243. The third-order valence-electron chi connectivity index (χ3n) is 9.00. The Bertz CT molecular complexity index is 747. The van der Waals surface area contributed by atoms with Gasteiger partial charge in [0.05, 0.1) is 0 Å². The van der Waals surface area contributed by atoms with Crippen LogP contribution >= 0.6 is 35.7 Å². The summed E-state index contributed by atoms with van der Waals surface area (Å²) in [6.45, 7) is 93.9. The van der Waals surface area contributed by atoms with Gasteiger partial charge in [-0.3, -0.25) is 0 Å². The Morgan fingerprint density at radius 3 is 0.183 bits per heavy atom. The van der Waals surface area contributed by atoms with Gasteiger partial charge in [0.15, 0.2) is 0 Å². The van der Waals surface area contributed by atoms with E-state index in [4.69, 9.17) is 35.7 Å². The van der Waals surface area contributed by atoms with E-state index in [-0.39, 0.29) is 29.4 Å². The van der Waals surface area contributed by atoms with Crippen molar-refractivity contribution < 1.29 is 0 Å². The van der Waals surface area contributed by atoms with Crippen molar-refractivity contribution >= 4 is 242 Å². The topological polar surface area (TPSA) is 0 Å². The van der Waals surface area contributed by atoms with E-state index in [0.29, 0.717) is 0 Å². The molecule has 16 radical (unpaired) electrons. The fourth-order valence-corrected chi connectivity index (χ4v) is 364. The molecule has 0 bridgehead atoms. The van der Waals surface area contributed by atoms with Crippen LogP contribution in [-0.4, -0.2) is 206 Å². The van der Waals surface area contributed by atoms with E-state index in [1.807, 2.05) is 0 Å². The van der Waals surface area contributed by atoms with Crippen molar-refractivity contribution in [3.8, 4) is 0 Å². The Kier molecular flexibility index (Phi) is 48.4. The summed E-state index contributed by atoms with van der Waals surface area (Å²) in [6.07, 6.45) is 0. The zero-order chi connectivity index (χ0) is 52.3. The fourth-order valence-electron chi connectivity index (χ4n) is 13.5. The zero-order valence-electron chi connectivity index (χ0n) is 47.5. The van der Waals surface area contributed by atoms with Crippen LogP contribution in [0.25, 0.3) is 0 Å². The molecule has 360 valence electrons. The van der Waals surface area contributed by atoms with Crippen molar-refractivity contribution in [2.24, 2.45) is 0 Å². The van der Waals surface area contributed by atoms with Gasteiger partial charge >= 0.3 is 121 Å². The predicted molar refractivity (Wildman–Crippen MR) is 350 cm³/mol. The molecule has 0 aliphatic heterocycles. The summed E-state index contributed by atoms with van der Waals surface area (Å²) >= 11 is 4.09. The Labute approximate surface area is 469 Å². The molecule has 0 aromatic carbocycles. The minimum atomic E-state index is -0.832. The van der Waals surface area contributed by atoms with E-state index in [1.165, 1.54) is 0 Å². The Morgan fingerprint density at radius 2 is 0.183 bits per heavy atom. The van der Waals surface area contributed by atoms with Gasteiger partial charge < -0.3 is 0 Å². The van der Waals surface area contributed by atoms with Crippen molar-refractivity contribution in [2.45, 2.75) is 236 Å². The summed E-state index contributed by atoms with van der Waals surface area (Å²) in [5.74, 6) is 0. The van der Waals surface area contributed by atoms with Crippen LogP contribution in [0, 0.1) is 0 Å². The van der Waals surface area contributed by atoms with Crippen molar-refractivity contribution in [2.75, 3.05) is 0 Å². The maximum absolute atomic E-state index is 4.73. The van der Waals surface area contributed by atoms with Crippen molar-refractivity contribution in [3.05, 3.63) is 0 Å². The molecule has 0 saturated heterocycles. The fraction of sp³-hybridized carbons (Fsp3) is 1.00. The average molecular weight is 1610 g/mol. The van der Waals surface area contributed by atoms with Crippen LogP contribution in [0.3, 0.4) is 0 Å². The molecule has 0 fully saturated rings. The molecule has 0 heterocycles. The Hall–Kier alpha value is 7.82. The van der Waals surface area contributed by atoms with Crippen LogP contribution < -0.4 is 0 Å². The summed E-state index contributed by atoms with van der Waals surface area (Å²) in [4.78, 5) is 0. The second-order valence-electron chi connectivity index (χ2n) is 28.5. The average Bonchev–Trinajstić information content (AvgIpc) is 2.83. The molecule has 0 N–H and O–H groups in total. The Morgan fingerprint density at radius 1 is 0.150 bits per heavy atom. The normalized spacial score (nSPS) is 13.6. The van der Waals surface area contributed by atoms with Crippen LogP contribution in [0.15, 0.2) is 0 Å². The van der Waals surface area contributed by atoms with Crippen LogP contribution in [0.5, 0.6) is 0 Å². The molecule has 0 unspecified atom stereocenters. The van der Waals surface area contributed by atoms with Crippen molar-refractivity contribution in [1.29, 1.82) is 0 Å². The summed E-state index contributed by atoms with van der Waals surface area (Å²) in [5, 5.41) is 0. The molecule has 0 saturated carbocycles. The molecule has 0 nitrogen and oxygen atoms in total. The van der Waals surface area contributed by atoms with Crippen LogP contribution in [0.1, 0.15) is 0 Å². The third kappa shape index (κ3) is 43.4. The van der Waals surface area contributed by atoms with Crippen LogP contribution in [-0.2, 0) is 0 Å². The van der Waals surface area contributed by atoms with E-state index in [0.717, 1.165) is 85.6 Å². The van der Waals surface area contributed by atoms with Gasteiger partial charge in [-0.15, -0.1) is 0 Å². The maximum atomic E-state index is 4.73. The Balaban J connectivity index is -0.0000000945. The van der Waals surface area contributed by atoms with E-state index in [1.54, 1.807) is 0 Å². The first kappa shape index (κ1) is 84.6. The van der Waals surface area contributed by atoms with Crippen LogP contribution in [0.2, 0.25) is 236 Å². The molecule has 0 aliphatic carbocycles. The first-order valence-electron chi connectivity index (χ1n) is 21.8. The number of hydrogen-bond acceptors (Lipinski definition) is 0.